The maximum atomic E-state index is 13.8. The van der Waals surface area contributed by atoms with Gasteiger partial charge in [0.15, 0.2) is 0 Å². The molecule has 0 radical (unpaired) electrons. The molecule has 6 heteroatoms. The van der Waals surface area contributed by atoms with Gasteiger partial charge in [0.25, 0.3) is 5.91 Å². The molecule has 0 saturated carbocycles. The average molecular weight is 376 g/mol. The Bertz CT molecular complexity index is 904. The number of pyridine rings is 2. The molecule has 6 nitrogen and oxygen atoms in total. The van der Waals surface area contributed by atoms with Crippen LogP contribution in [0.25, 0.3) is 0 Å². The highest BCUT2D eigenvalue weighted by Crippen LogP contribution is 2.46. The van der Waals surface area contributed by atoms with E-state index in [0.717, 1.165) is 22.4 Å². The summed E-state index contributed by atoms with van der Waals surface area (Å²) >= 11 is 0. The summed E-state index contributed by atoms with van der Waals surface area (Å²) in [6, 6.07) is 16.1. The normalized spacial score (nSPS) is 14.7. The number of hydrogen-bond donors (Lipinski definition) is 0. The van der Waals surface area contributed by atoms with Crippen molar-refractivity contribution in [3.63, 3.8) is 0 Å². The zero-order valence-corrected chi connectivity index (χ0v) is 16.0. The number of amides is 1. The molecule has 1 aliphatic heterocycles. The molecule has 1 aromatic carbocycles. The fourth-order valence-corrected chi connectivity index (χ4v) is 3.99. The first-order chi connectivity index (χ1) is 13.1. The van der Waals surface area contributed by atoms with Crippen molar-refractivity contribution in [2.75, 3.05) is 19.1 Å². The SMILES string of the molecule is CN(C)N1C(=O)C(Cc2ccncc2)(Cc2ccncc2)c2ccccc21.O. The fourth-order valence-electron chi connectivity index (χ4n) is 3.99. The third kappa shape index (κ3) is 3.28. The molecule has 0 saturated heterocycles. The number of aromatic nitrogens is 2. The summed E-state index contributed by atoms with van der Waals surface area (Å²) in [5.41, 5.74) is 3.56. The van der Waals surface area contributed by atoms with E-state index in [1.807, 2.05) is 61.6 Å². The minimum absolute atomic E-state index is 0. The maximum Gasteiger partial charge on any atom is 0.252 e. The number of carbonyl (C=O) groups excluding carboxylic acids is 1. The predicted molar refractivity (Wildman–Crippen MR) is 109 cm³/mol. The number of hydrogen-bond acceptors (Lipinski definition) is 4. The van der Waals surface area contributed by atoms with Crippen LogP contribution in [-0.4, -0.2) is 40.5 Å². The molecule has 0 unspecified atom stereocenters. The number of hydrazine groups is 1. The lowest BCUT2D eigenvalue weighted by Gasteiger charge is -2.31. The molecule has 3 aromatic rings. The number of anilines is 1. The Morgan fingerprint density at radius 3 is 1.86 bits per heavy atom. The van der Waals surface area contributed by atoms with Crippen LogP contribution in [0.15, 0.2) is 73.3 Å². The van der Waals surface area contributed by atoms with Crippen molar-refractivity contribution in [1.82, 2.24) is 15.0 Å². The first-order valence-electron chi connectivity index (χ1n) is 9.01. The van der Waals surface area contributed by atoms with Gasteiger partial charge in [0, 0.05) is 38.9 Å². The van der Waals surface area contributed by atoms with Crippen LogP contribution in [-0.2, 0) is 23.1 Å². The van der Waals surface area contributed by atoms with E-state index in [2.05, 4.69) is 16.0 Å². The zero-order chi connectivity index (χ0) is 18.9. The summed E-state index contributed by atoms with van der Waals surface area (Å²) < 4.78 is 0. The van der Waals surface area contributed by atoms with Gasteiger partial charge in [0.2, 0.25) is 0 Å². The summed E-state index contributed by atoms with van der Waals surface area (Å²) in [7, 11) is 3.81. The van der Waals surface area contributed by atoms with Crippen molar-refractivity contribution < 1.29 is 10.3 Å². The number of carbonyl (C=O) groups is 1. The van der Waals surface area contributed by atoms with Gasteiger partial charge >= 0.3 is 0 Å². The van der Waals surface area contributed by atoms with Crippen LogP contribution >= 0.6 is 0 Å². The van der Waals surface area contributed by atoms with E-state index in [1.54, 1.807) is 29.8 Å². The average Bonchev–Trinajstić information content (AvgIpc) is 2.92. The van der Waals surface area contributed by atoms with Crippen molar-refractivity contribution in [3.8, 4) is 0 Å². The molecular weight excluding hydrogens is 352 g/mol. The highest BCUT2D eigenvalue weighted by molar-refractivity contribution is 6.07. The molecular formula is C22H24N4O2. The molecule has 2 aromatic heterocycles. The molecule has 1 amide bonds. The van der Waals surface area contributed by atoms with Crippen LogP contribution < -0.4 is 5.01 Å². The summed E-state index contributed by atoms with van der Waals surface area (Å²) in [5, 5.41) is 3.65. The summed E-state index contributed by atoms with van der Waals surface area (Å²) in [6.45, 7) is 0. The van der Waals surface area contributed by atoms with Crippen molar-refractivity contribution in [2.45, 2.75) is 18.3 Å². The second-order valence-corrected chi connectivity index (χ2v) is 7.13. The third-order valence-electron chi connectivity index (χ3n) is 5.16. The Balaban J connectivity index is 0.00000225. The standard InChI is InChI=1S/C22H22N4O.H2O/c1-25(2)26-20-6-4-3-5-19(20)22(21(26)27,15-17-7-11-23-12-8-17)16-18-9-13-24-14-10-18;/h3-14H,15-16H2,1-2H3;1H2. The Kier molecular flexibility index (Phi) is 5.53. The van der Waals surface area contributed by atoms with E-state index in [9.17, 15) is 4.79 Å². The fraction of sp³-hybridized carbons (Fsp3) is 0.227. The lowest BCUT2D eigenvalue weighted by Crippen LogP contribution is -2.48. The molecule has 0 spiro atoms. The van der Waals surface area contributed by atoms with Crippen LogP contribution in [0, 0.1) is 0 Å². The second-order valence-electron chi connectivity index (χ2n) is 7.13. The molecule has 0 fully saturated rings. The van der Waals surface area contributed by atoms with E-state index in [4.69, 9.17) is 0 Å². The Labute approximate surface area is 164 Å². The van der Waals surface area contributed by atoms with Gasteiger partial charge in [0.1, 0.15) is 0 Å². The first kappa shape index (κ1) is 19.7. The lowest BCUT2D eigenvalue weighted by molar-refractivity contribution is -0.125. The first-order valence-corrected chi connectivity index (χ1v) is 9.01. The molecule has 3 heterocycles. The van der Waals surface area contributed by atoms with Gasteiger partial charge in [-0.15, -0.1) is 0 Å². The van der Waals surface area contributed by atoms with Gasteiger partial charge in [-0.25, -0.2) is 10.0 Å². The Hall–Kier alpha value is -3.09. The second kappa shape index (κ2) is 7.88. The number of para-hydroxylation sites is 1. The molecule has 4 rings (SSSR count). The monoisotopic (exact) mass is 376 g/mol. The van der Waals surface area contributed by atoms with Crippen LogP contribution in [0.2, 0.25) is 0 Å². The van der Waals surface area contributed by atoms with Crippen molar-refractivity contribution >= 4 is 11.6 Å². The van der Waals surface area contributed by atoms with Gasteiger partial charge in [-0.05, 0) is 59.9 Å². The van der Waals surface area contributed by atoms with Crippen LogP contribution in [0.5, 0.6) is 0 Å². The minimum atomic E-state index is -0.663. The van der Waals surface area contributed by atoms with Crippen LogP contribution in [0.3, 0.4) is 0 Å². The van der Waals surface area contributed by atoms with Gasteiger partial charge in [-0.3, -0.25) is 14.8 Å². The van der Waals surface area contributed by atoms with E-state index in [-0.39, 0.29) is 11.4 Å². The number of nitrogens with zero attached hydrogens (tertiary/aromatic N) is 4. The van der Waals surface area contributed by atoms with Crippen molar-refractivity contribution in [3.05, 3.63) is 90.0 Å². The van der Waals surface area contributed by atoms with Gasteiger partial charge in [-0.2, -0.15) is 0 Å². The summed E-state index contributed by atoms with van der Waals surface area (Å²) in [5.74, 6) is 0.0994. The van der Waals surface area contributed by atoms with E-state index in [1.165, 1.54) is 0 Å². The quantitative estimate of drug-likeness (QED) is 0.684. The predicted octanol–water partition coefficient (Wildman–Crippen LogP) is 2.20. The maximum absolute atomic E-state index is 13.8. The van der Waals surface area contributed by atoms with Gasteiger partial charge < -0.3 is 5.48 Å². The van der Waals surface area contributed by atoms with E-state index >= 15 is 0 Å². The Morgan fingerprint density at radius 1 is 0.857 bits per heavy atom. The summed E-state index contributed by atoms with van der Waals surface area (Å²) in [6.07, 6.45) is 8.38. The largest absolute Gasteiger partial charge is 0.412 e. The van der Waals surface area contributed by atoms with Gasteiger partial charge in [0.05, 0.1) is 11.1 Å². The lowest BCUT2D eigenvalue weighted by atomic mass is 9.72. The van der Waals surface area contributed by atoms with Gasteiger partial charge in [-0.1, -0.05) is 18.2 Å². The molecule has 28 heavy (non-hydrogen) atoms. The smallest absolute Gasteiger partial charge is 0.252 e. The number of rotatable bonds is 5. The molecule has 0 bridgehead atoms. The van der Waals surface area contributed by atoms with Crippen molar-refractivity contribution in [2.24, 2.45) is 0 Å². The highest BCUT2D eigenvalue weighted by Gasteiger charge is 2.51. The molecule has 0 aliphatic carbocycles. The molecule has 2 N–H and O–H groups in total. The highest BCUT2D eigenvalue weighted by atomic mass is 16.2. The van der Waals surface area contributed by atoms with Crippen LogP contribution in [0.4, 0.5) is 5.69 Å². The Morgan fingerprint density at radius 2 is 1.36 bits per heavy atom. The van der Waals surface area contributed by atoms with E-state index in [0.29, 0.717) is 12.8 Å². The number of benzene rings is 1. The van der Waals surface area contributed by atoms with E-state index < -0.39 is 5.41 Å². The zero-order valence-electron chi connectivity index (χ0n) is 16.0. The molecule has 1 aliphatic rings. The van der Waals surface area contributed by atoms with Crippen molar-refractivity contribution in [1.29, 1.82) is 0 Å². The molecule has 0 atom stereocenters. The molecule has 144 valence electrons. The van der Waals surface area contributed by atoms with Crippen LogP contribution in [0.1, 0.15) is 16.7 Å². The minimum Gasteiger partial charge on any atom is -0.412 e. The number of fused-ring (bicyclic) bond motifs is 1. The summed E-state index contributed by atoms with van der Waals surface area (Å²) in [4.78, 5) is 22.0. The topological polar surface area (TPSA) is 80.8 Å². The third-order valence-corrected chi connectivity index (χ3v) is 5.16.